The summed E-state index contributed by atoms with van der Waals surface area (Å²) in [5, 5.41) is 4.26. The zero-order valence-corrected chi connectivity index (χ0v) is 18.1. The molecule has 0 aliphatic heterocycles. The number of halogens is 1. The minimum atomic E-state index is -0.623. The van der Waals surface area contributed by atoms with Crippen molar-refractivity contribution >= 4 is 23.7 Å². The Morgan fingerprint density at radius 3 is 2.63 bits per heavy atom. The third-order valence-electron chi connectivity index (χ3n) is 3.89. The number of amides is 1. The Bertz CT molecular complexity index is 1040. The van der Waals surface area contributed by atoms with Crippen LogP contribution in [0, 0.1) is 12.8 Å². The van der Waals surface area contributed by atoms with Gasteiger partial charge in [-0.1, -0.05) is 25.4 Å². The van der Waals surface area contributed by atoms with E-state index < -0.39 is 17.2 Å². The molecule has 0 radical (unpaired) electrons. The number of H-pyrrole nitrogens is 2. The van der Waals surface area contributed by atoms with Crippen molar-refractivity contribution in [1.82, 2.24) is 15.4 Å². The van der Waals surface area contributed by atoms with Gasteiger partial charge in [-0.2, -0.15) is 5.10 Å². The molecule has 1 amide bonds. The molecule has 1 aromatic heterocycles. The van der Waals surface area contributed by atoms with E-state index in [2.05, 4.69) is 20.5 Å². The van der Waals surface area contributed by atoms with Crippen molar-refractivity contribution in [2.24, 2.45) is 11.0 Å². The van der Waals surface area contributed by atoms with Crippen molar-refractivity contribution in [3.8, 4) is 11.5 Å². The number of hydrogen-bond acceptors (Lipinski definition) is 6. The van der Waals surface area contributed by atoms with Crippen LogP contribution in [-0.4, -0.2) is 35.3 Å². The highest BCUT2D eigenvalue weighted by Gasteiger charge is 2.13. The number of hydrogen-bond donors (Lipinski definition) is 3. The Morgan fingerprint density at radius 2 is 2.00 bits per heavy atom. The Labute approximate surface area is 178 Å². The summed E-state index contributed by atoms with van der Waals surface area (Å²) >= 11 is 6.33. The SMILES string of the molecule is CCOc1cc(/C=N\NC(=O)Cc2c(C)[nH]c(=O)[nH]c2=O)cc(Cl)c1OCC(C)C. The topological polar surface area (TPSA) is 126 Å². The number of carbonyl (C=O) groups excluding carboxylic acids is 1. The molecule has 0 aliphatic carbocycles. The van der Waals surface area contributed by atoms with Crippen LogP contribution in [0.1, 0.15) is 37.6 Å². The molecule has 2 rings (SSSR count). The maximum Gasteiger partial charge on any atom is 0.325 e. The lowest BCUT2D eigenvalue weighted by atomic mass is 10.1. The molecule has 9 nitrogen and oxygen atoms in total. The standard InChI is InChI=1S/C20H25ClN4O5/c1-5-29-16-7-13(6-15(21)18(16)30-10-11(2)3)9-22-25-17(26)8-14-12(4)23-20(28)24-19(14)27/h6-7,9,11H,5,8,10H2,1-4H3,(H,25,26)(H2,23,24,27,28)/b22-9-. The van der Waals surface area contributed by atoms with Gasteiger partial charge in [-0.15, -0.1) is 0 Å². The van der Waals surface area contributed by atoms with Crippen LogP contribution >= 0.6 is 11.6 Å². The number of rotatable bonds is 9. The Hall–Kier alpha value is -3.07. The number of aromatic amines is 2. The summed E-state index contributed by atoms with van der Waals surface area (Å²) in [5.74, 6) is 0.750. The number of aryl methyl sites for hydroxylation is 1. The number of hydrazone groups is 1. The fourth-order valence-corrected chi connectivity index (χ4v) is 2.81. The molecular formula is C20H25ClN4O5. The molecule has 10 heteroatoms. The van der Waals surface area contributed by atoms with Gasteiger partial charge in [0.1, 0.15) is 0 Å². The molecule has 0 bridgehead atoms. The predicted octanol–water partition coefficient (Wildman–Crippen LogP) is 2.15. The summed E-state index contributed by atoms with van der Waals surface area (Å²) in [4.78, 5) is 39.7. The zero-order chi connectivity index (χ0) is 22.3. The fraction of sp³-hybridized carbons (Fsp3) is 0.400. The smallest absolute Gasteiger partial charge is 0.325 e. The summed E-state index contributed by atoms with van der Waals surface area (Å²) in [6, 6.07) is 3.35. The molecular weight excluding hydrogens is 412 g/mol. The molecule has 0 saturated carbocycles. The molecule has 0 aliphatic rings. The fourth-order valence-electron chi connectivity index (χ4n) is 2.53. The van der Waals surface area contributed by atoms with Crippen molar-refractivity contribution in [2.45, 2.75) is 34.1 Å². The highest BCUT2D eigenvalue weighted by molar-refractivity contribution is 6.32. The van der Waals surface area contributed by atoms with E-state index in [0.717, 1.165) is 0 Å². The van der Waals surface area contributed by atoms with Crippen LogP contribution in [0.15, 0.2) is 26.8 Å². The van der Waals surface area contributed by atoms with Crippen LogP contribution in [-0.2, 0) is 11.2 Å². The highest BCUT2D eigenvalue weighted by atomic mass is 35.5. The van der Waals surface area contributed by atoms with E-state index in [9.17, 15) is 14.4 Å². The molecule has 30 heavy (non-hydrogen) atoms. The third-order valence-corrected chi connectivity index (χ3v) is 4.17. The number of aromatic nitrogens is 2. The summed E-state index contributed by atoms with van der Waals surface area (Å²) in [7, 11) is 0. The monoisotopic (exact) mass is 436 g/mol. The second-order valence-corrected chi connectivity index (χ2v) is 7.36. The minimum absolute atomic E-state index is 0.163. The first-order chi connectivity index (χ1) is 14.2. The normalized spacial score (nSPS) is 11.1. The van der Waals surface area contributed by atoms with Gasteiger partial charge in [0.05, 0.1) is 30.9 Å². The van der Waals surface area contributed by atoms with Crippen LogP contribution in [0.5, 0.6) is 11.5 Å². The first kappa shape index (κ1) is 23.2. The van der Waals surface area contributed by atoms with Crippen LogP contribution in [0.2, 0.25) is 5.02 Å². The zero-order valence-electron chi connectivity index (χ0n) is 17.3. The van der Waals surface area contributed by atoms with Gasteiger partial charge in [-0.25, -0.2) is 10.2 Å². The predicted molar refractivity (Wildman–Crippen MR) is 115 cm³/mol. The first-order valence-electron chi connectivity index (χ1n) is 9.44. The molecule has 162 valence electrons. The van der Waals surface area contributed by atoms with E-state index in [4.69, 9.17) is 21.1 Å². The van der Waals surface area contributed by atoms with E-state index in [-0.39, 0.29) is 12.0 Å². The Kier molecular flexibility index (Phi) is 8.23. The number of benzene rings is 1. The van der Waals surface area contributed by atoms with Gasteiger partial charge in [-0.05, 0) is 37.5 Å². The van der Waals surface area contributed by atoms with Crippen LogP contribution in [0.25, 0.3) is 0 Å². The minimum Gasteiger partial charge on any atom is -0.490 e. The van der Waals surface area contributed by atoms with Crippen LogP contribution in [0.3, 0.4) is 0 Å². The summed E-state index contributed by atoms with van der Waals surface area (Å²) in [6.07, 6.45) is 1.17. The van der Waals surface area contributed by atoms with Gasteiger partial charge >= 0.3 is 5.69 Å². The molecule has 1 aromatic carbocycles. The lowest BCUT2D eigenvalue weighted by Gasteiger charge is -2.15. The van der Waals surface area contributed by atoms with Gasteiger partial charge in [0.2, 0.25) is 5.91 Å². The average Bonchev–Trinajstić information content (AvgIpc) is 2.64. The number of nitrogens with one attached hydrogen (secondary N) is 3. The van der Waals surface area contributed by atoms with Gasteiger partial charge in [0.25, 0.3) is 5.56 Å². The van der Waals surface area contributed by atoms with E-state index in [1.54, 1.807) is 19.1 Å². The van der Waals surface area contributed by atoms with Gasteiger partial charge < -0.3 is 14.5 Å². The van der Waals surface area contributed by atoms with E-state index >= 15 is 0 Å². The molecule has 0 spiro atoms. The molecule has 0 fully saturated rings. The lowest BCUT2D eigenvalue weighted by molar-refractivity contribution is -0.120. The van der Waals surface area contributed by atoms with Gasteiger partial charge in [0.15, 0.2) is 11.5 Å². The number of ether oxygens (including phenoxy) is 2. The first-order valence-corrected chi connectivity index (χ1v) is 9.82. The maximum absolute atomic E-state index is 12.1. The third kappa shape index (κ3) is 6.48. The van der Waals surface area contributed by atoms with Crippen molar-refractivity contribution in [1.29, 1.82) is 0 Å². The molecule has 3 N–H and O–H groups in total. The van der Waals surface area contributed by atoms with E-state index in [0.29, 0.717) is 46.9 Å². The maximum atomic E-state index is 12.1. The van der Waals surface area contributed by atoms with Crippen molar-refractivity contribution in [3.63, 3.8) is 0 Å². The van der Waals surface area contributed by atoms with Crippen molar-refractivity contribution < 1.29 is 14.3 Å². The number of nitrogens with zero attached hydrogens (tertiary/aromatic N) is 1. The second kappa shape index (κ2) is 10.6. The molecule has 0 atom stereocenters. The van der Waals surface area contributed by atoms with E-state index in [1.807, 2.05) is 20.8 Å². The molecule has 1 heterocycles. The molecule has 0 saturated heterocycles. The van der Waals surface area contributed by atoms with Crippen LogP contribution < -0.4 is 26.1 Å². The summed E-state index contributed by atoms with van der Waals surface area (Å²) < 4.78 is 11.4. The quantitative estimate of drug-likeness (QED) is 0.410. The number of carbonyl (C=O) groups is 1. The lowest BCUT2D eigenvalue weighted by Crippen LogP contribution is -2.30. The average molecular weight is 437 g/mol. The van der Waals surface area contributed by atoms with Gasteiger partial charge in [0, 0.05) is 11.3 Å². The Morgan fingerprint density at radius 1 is 1.27 bits per heavy atom. The van der Waals surface area contributed by atoms with Crippen molar-refractivity contribution in [3.05, 3.63) is 54.8 Å². The summed E-state index contributed by atoms with van der Waals surface area (Å²) in [5.41, 5.74) is 2.20. The molecule has 2 aromatic rings. The van der Waals surface area contributed by atoms with Gasteiger partial charge in [-0.3, -0.25) is 14.6 Å². The molecule has 0 unspecified atom stereocenters. The van der Waals surface area contributed by atoms with Crippen molar-refractivity contribution in [2.75, 3.05) is 13.2 Å². The highest BCUT2D eigenvalue weighted by Crippen LogP contribution is 2.36. The van der Waals surface area contributed by atoms with E-state index in [1.165, 1.54) is 6.21 Å². The second-order valence-electron chi connectivity index (χ2n) is 6.95. The Balaban J connectivity index is 2.11. The van der Waals surface area contributed by atoms with Crippen LogP contribution in [0.4, 0.5) is 0 Å². The largest absolute Gasteiger partial charge is 0.490 e. The summed E-state index contributed by atoms with van der Waals surface area (Å²) in [6.45, 7) is 8.37.